The zero-order chi connectivity index (χ0) is 23.6. The van der Waals surface area contributed by atoms with Crippen molar-refractivity contribution in [3.63, 3.8) is 0 Å². The monoisotopic (exact) mass is 446 g/mol. The van der Waals surface area contributed by atoms with Crippen LogP contribution in [0.1, 0.15) is 30.5 Å². The van der Waals surface area contributed by atoms with Gasteiger partial charge in [0.1, 0.15) is 11.9 Å². The first-order chi connectivity index (χ1) is 15.9. The second-order valence-corrected chi connectivity index (χ2v) is 8.66. The Kier molecular flexibility index (Phi) is 8.76. The minimum Gasteiger partial charge on any atom is -0.354 e. The molecule has 172 valence electrons. The van der Waals surface area contributed by atoms with Crippen molar-refractivity contribution in [1.82, 2.24) is 10.2 Å². The van der Waals surface area contributed by atoms with Crippen molar-refractivity contribution in [3.05, 3.63) is 107 Å². The van der Waals surface area contributed by atoms with Crippen molar-refractivity contribution in [3.8, 4) is 0 Å². The molecule has 0 aliphatic rings. The fraction of sp³-hybridized carbons (Fsp3) is 0.286. The quantitative estimate of drug-likeness (QED) is 0.487. The third-order valence-corrected chi connectivity index (χ3v) is 5.42. The molecular weight excluding hydrogens is 415 g/mol. The molecule has 1 atom stereocenters. The first kappa shape index (κ1) is 24.2. The number of rotatable bonds is 10. The van der Waals surface area contributed by atoms with Gasteiger partial charge in [-0.05, 0) is 34.7 Å². The summed E-state index contributed by atoms with van der Waals surface area (Å²) >= 11 is 0. The molecular formula is C28H31FN2O2. The lowest BCUT2D eigenvalue weighted by Gasteiger charge is -2.32. The lowest BCUT2D eigenvalue weighted by Crippen LogP contribution is -2.51. The van der Waals surface area contributed by atoms with Crippen molar-refractivity contribution in [1.29, 1.82) is 0 Å². The Morgan fingerprint density at radius 2 is 1.39 bits per heavy atom. The van der Waals surface area contributed by atoms with E-state index in [2.05, 4.69) is 5.32 Å². The highest BCUT2D eigenvalue weighted by atomic mass is 19.1. The largest absolute Gasteiger partial charge is 0.354 e. The first-order valence-corrected chi connectivity index (χ1v) is 11.3. The zero-order valence-corrected chi connectivity index (χ0v) is 19.2. The maximum Gasteiger partial charge on any atom is 0.243 e. The van der Waals surface area contributed by atoms with Gasteiger partial charge in [0.2, 0.25) is 11.8 Å². The average Bonchev–Trinajstić information content (AvgIpc) is 2.82. The van der Waals surface area contributed by atoms with Crippen molar-refractivity contribution in [2.45, 2.75) is 39.3 Å². The van der Waals surface area contributed by atoms with Crippen LogP contribution in [-0.2, 0) is 29.0 Å². The van der Waals surface area contributed by atoms with Crippen LogP contribution >= 0.6 is 0 Å². The van der Waals surface area contributed by atoms with Gasteiger partial charge in [0.05, 0.1) is 6.42 Å². The summed E-state index contributed by atoms with van der Waals surface area (Å²) < 4.78 is 13.3. The molecule has 0 saturated heterocycles. The maximum atomic E-state index is 13.5. The van der Waals surface area contributed by atoms with Crippen LogP contribution in [0.25, 0.3) is 0 Å². The third kappa shape index (κ3) is 7.56. The fourth-order valence-corrected chi connectivity index (χ4v) is 3.64. The molecule has 2 amide bonds. The Hall–Kier alpha value is -3.47. The van der Waals surface area contributed by atoms with E-state index in [9.17, 15) is 14.0 Å². The van der Waals surface area contributed by atoms with Gasteiger partial charge < -0.3 is 10.2 Å². The van der Waals surface area contributed by atoms with E-state index in [-0.39, 0.29) is 24.1 Å². The topological polar surface area (TPSA) is 49.4 Å². The highest BCUT2D eigenvalue weighted by Gasteiger charge is 2.30. The van der Waals surface area contributed by atoms with Gasteiger partial charge in [-0.2, -0.15) is 0 Å². The lowest BCUT2D eigenvalue weighted by molar-refractivity contribution is -0.140. The Balaban J connectivity index is 1.92. The maximum absolute atomic E-state index is 13.5. The zero-order valence-electron chi connectivity index (χ0n) is 19.2. The minimum absolute atomic E-state index is 0.0931. The lowest BCUT2D eigenvalue weighted by atomic mass is 10.0. The normalized spacial score (nSPS) is 11.8. The van der Waals surface area contributed by atoms with E-state index in [1.54, 1.807) is 17.0 Å². The molecule has 3 aromatic rings. The van der Waals surface area contributed by atoms with Crippen LogP contribution in [0.4, 0.5) is 4.39 Å². The third-order valence-electron chi connectivity index (χ3n) is 5.42. The molecule has 0 unspecified atom stereocenters. The number of amides is 2. The average molecular weight is 447 g/mol. The summed E-state index contributed by atoms with van der Waals surface area (Å²) in [6.45, 7) is 4.92. The summed E-state index contributed by atoms with van der Waals surface area (Å²) in [4.78, 5) is 28.5. The Bertz CT molecular complexity index is 1020. The molecule has 0 spiro atoms. The summed E-state index contributed by atoms with van der Waals surface area (Å²) in [5, 5.41) is 3.01. The van der Waals surface area contributed by atoms with Gasteiger partial charge in [-0.15, -0.1) is 0 Å². The number of carbonyl (C=O) groups is 2. The summed E-state index contributed by atoms with van der Waals surface area (Å²) in [5.41, 5.74) is 2.63. The van der Waals surface area contributed by atoms with Crippen LogP contribution in [0.3, 0.4) is 0 Å². The molecule has 0 radical (unpaired) electrons. The molecule has 0 heterocycles. The molecule has 1 N–H and O–H groups in total. The fourth-order valence-electron chi connectivity index (χ4n) is 3.64. The number of hydrogen-bond donors (Lipinski definition) is 1. The van der Waals surface area contributed by atoms with E-state index in [4.69, 9.17) is 0 Å². The molecule has 4 nitrogen and oxygen atoms in total. The molecule has 0 fully saturated rings. The standard InChI is InChI=1S/C28H31FN2O2/c1-21(2)19-30-28(33)26(17-22-9-5-3-6-10-22)31(20-24-11-7-4-8-12-24)27(32)18-23-13-15-25(29)16-14-23/h3-16,21,26H,17-20H2,1-2H3,(H,30,33)/t26-/m0/s1. The SMILES string of the molecule is CC(C)CNC(=O)[C@H](Cc1ccccc1)N(Cc1ccccc1)C(=O)Cc1ccc(F)cc1. The molecule has 0 bridgehead atoms. The van der Waals surface area contributed by atoms with Crippen LogP contribution in [-0.4, -0.2) is 29.3 Å². The van der Waals surface area contributed by atoms with E-state index in [0.29, 0.717) is 31.0 Å². The number of benzene rings is 3. The van der Waals surface area contributed by atoms with E-state index < -0.39 is 6.04 Å². The van der Waals surface area contributed by atoms with Crippen molar-refractivity contribution in [2.24, 2.45) is 5.92 Å². The predicted octanol–water partition coefficient (Wildman–Crippen LogP) is 4.78. The van der Waals surface area contributed by atoms with Crippen LogP contribution in [0.2, 0.25) is 0 Å². The van der Waals surface area contributed by atoms with Gasteiger partial charge in [0, 0.05) is 19.5 Å². The summed E-state index contributed by atoms with van der Waals surface area (Å²) in [6.07, 6.45) is 0.503. The Morgan fingerprint density at radius 3 is 1.97 bits per heavy atom. The van der Waals surface area contributed by atoms with Gasteiger partial charge in [0.25, 0.3) is 0 Å². The number of hydrogen-bond acceptors (Lipinski definition) is 2. The summed E-state index contributed by atoms with van der Waals surface area (Å²) in [6, 6.07) is 24.6. The van der Waals surface area contributed by atoms with Gasteiger partial charge in [-0.1, -0.05) is 86.6 Å². The van der Waals surface area contributed by atoms with E-state index >= 15 is 0 Å². The number of halogens is 1. The molecule has 0 aliphatic carbocycles. The number of carbonyl (C=O) groups excluding carboxylic acids is 2. The highest BCUT2D eigenvalue weighted by molar-refractivity contribution is 5.88. The molecule has 0 saturated carbocycles. The van der Waals surface area contributed by atoms with Gasteiger partial charge in [0.15, 0.2) is 0 Å². The smallest absolute Gasteiger partial charge is 0.243 e. The molecule has 33 heavy (non-hydrogen) atoms. The Morgan fingerprint density at radius 1 is 0.818 bits per heavy atom. The Labute approximate surface area is 195 Å². The van der Waals surface area contributed by atoms with E-state index in [1.165, 1.54) is 12.1 Å². The molecule has 0 aromatic heterocycles. The second-order valence-electron chi connectivity index (χ2n) is 8.66. The van der Waals surface area contributed by atoms with Gasteiger partial charge in [-0.3, -0.25) is 9.59 Å². The number of nitrogens with one attached hydrogen (secondary N) is 1. The highest BCUT2D eigenvalue weighted by Crippen LogP contribution is 2.17. The van der Waals surface area contributed by atoms with E-state index in [1.807, 2.05) is 74.5 Å². The predicted molar refractivity (Wildman–Crippen MR) is 129 cm³/mol. The number of nitrogens with zero attached hydrogens (tertiary/aromatic N) is 1. The molecule has 3 rings (SSSR count). The molecule has 3 aromatic carbocycles. The van der Waals surface area contributed by atoms with Crippen LogP contribution in [0.5, 0.6) is 0 Å². The van der Waals surface area contributed by atoms with E-state index in [0.717, 1.165) is 11.1 Å². The minimum atomic E-state index is -0.667. The van der Waals surface area contributed by atoms with Crippen molar-refractivity contribution >= 4 is 11.8 Å². The van der Waals surface area contributed by atoms with Crippen LogP contribution in [0, 0.1) is 11.7 Å². The molecule has 5 heteroatoms. The first-order valence-electron chi connectivity index (χ1n) is 11.3. The second kappa shape index (κ2) is 12.0. The van der Waals surface area contributed by atoms with Crippen molar-refractivity contribution in [2.75, 3.05) is 6.54 Å². The van der Waals surface area contributed by atoms with Crippen LogP contribution in [0.15, 0.2) is 84.9 Å². The van der Waals surface area contributed by atoms with Crippen molar-refractivity contribution < 1.29 is 14.0 Å². The summed E-state index contributed by atoms with van der Waals surface area (Å²) in [7, 11) is 0. The summed E-state index contributed by atoms with van der Waals surface area (Å²) in [5.74, 6) is -0.395. The van der Waals surface area contributed by atoms with Gasteiger partial charge >= 0.3 is 0 Å². The van der Waals surface area contributed by atoms with Gasteiger partial charge in [-0.25, -0.2) is 4.39 Å². The molecule has 0 aliphatic heterocycles. The van der Waals surface area contributed by atoms with Crippen LogP contribution < -0.4 is 5.32 Å².